The van der Waals surface area contributed by atoms with Gasteiger partial charge in [-0.15, -0.1) is 0 Å². The molecule has 136 valence electrons. The van der Waals surface area contributed by atoms with Crippen LogP contribution in [0, 0.1) is 17.2 Å². The molecule has 0 radical (unpaired) electrons. The highest BCUT2D eigenvalue weighted by atomic mass is 16.3. The summed E-state index contributed by atoms with van der Waals surface area (Å²) in [5, 5.41) is 34.2. The summed E-state index contributed by atoms with van der Waals surface area (Å²) in [4.78, 5) is 11.4. The van der Waals surface area contributed by atoms with Crippen molar-refractivity contribution in [3.05, 3.63) is 30.1 Å². The number of aromatic nitrogens is 1. The predicted octanol–water partition coefficient (Wildman–Crippen LogP) is 0.503. The molecule has 0 aliphatic carbocycles. The van der Waals surface area contributed by atoms with Gasteiger partial charge in [-0.05, 0) is 25.5 Å². The van der Waals surface area contributed by atoms with E-state index in [1.807, 2.05) is 6.07 Å². The first kappa shape index (κ1) is 20.6. The average molecular weight is 347 g/mol. The molecule has 1 heterocycles. The van der Waals surface area contributed by atoms with E-state index in [-0.39, 0.29) is 37.3 Å². The predicted molar refractivity (Wildman–Crippen MR) is 95.2 cm³/mol. The topological polar surface area (TPSA) is 151 Å². The van der Waals surface area contributed by atoms with Crippen molar-refractivity contribution in [1.82, 2.24) is 4.68 Å². The van der Waals surface area contributed by atoms with Gasteiger partial charge in [-0.1, -0.05) is 6.58 Å². The van der Waals surface area contributed by atoms with E-state index in [1.54, 1.807) is 19.1 Å². The number of nitrogens with two attached hydrogens (primary N) is 2. The van der Waals surface area contributed by atoms with Crippen LogP contribution in [-0.4, -0.2) is 39.5 Å². The summed E-state index contributed by atoms with van der Waals surface area (Å²) in [6.07, 6.45) is -0.624. The quantitative estimate of drug-likeness (QED) is 0.453. The summed E-state index contributed by atoms with van der Waals surface area (Å²) in [6.45, 7) is 5.27. The fraction of sp³-hybridized carbons (Fsp3) is 0.471. The van der Waals surface area contributed by atoms with Crippen molar-refractivity contribution in [2.45, 2.75) is 38.4 Å². The Morgan fingerprint density at radius 2 is 2.20 bits per heavy atom. The Bertz CT molecular complexity index is 674. The lowest BCUT2D eigenvalue weighted by Gasteiger charge is -2.25. The van der Waals surface area contributed by atoms with Crippen molar-refractivity contribution in [3.8, 4) is 6.07 Å². The van der Waals surface area contributed by atoms with Crippen LogP contribution in [0.3, 0.4) is 0 Å². The van der Waals surface area contributed by atoms with E-state index in [0.29, 0.717) is 11.4 Å². The first-order chi connectivity index (χ1) is 11.9. The fourth-order valence-corrected chi connectivity index (χ4v) is 2.55. The van der Waals surface area contributed by atoms with Crippen LogP contribution >= 0.6 is 0 Å². The second kappa shape index (κ2) is 9.74. The summed E-state index contributed by atoms with van der Waals surface area (Å²) in [6, 6.07) is 5.20. The molecule has 0 aliphatic rings. The fourth-order valence-electron chi connectivity index (χ4n) is 2.55. The molecule has 1 unspecified atom stereocenters. The summed E-state index contributed by atoms with van der Waals surface area (Å²) in [5.74, 6) is -0.737. The number of ketones is 1. The first-order valence-electron chi connectivity index (χ1n) is 7.97. The highest BCUT2D eigenvalue weighted by Crippen LogP contribution is 2.29. The molecule has 25 heavy (non-hydrogen) atoms. The first-order valence-corrected chi connectivity index (χ1v) is 7.97. The summed E-state index contributed by atoms with van der Waals surface area (Å²) in [7, 11) is 0. The van der Waals surface area contributed by atoms with Crippen molar-refractivity contribution < 1.29 is 15.0 Å². The zero-order valence-electron chi connectivity index (χ0n) is 14.3. The Labute approximate surface area is 147 Å². The number of hydrogen-bond donors (Lipinski definition) is 4. The maximum Gasteiger partial charge on any atom is 0.146 e. The minimum absolute atomic E-state index is 0.00425. The molecule has 0 aromatic carbocycles. The lowest BCUT2D eigenvalue weighted by Crippen LogP contribution is -2.30. The van der Waals surface area contributed by atoms with Crippen LogP contribution in [0.2, 0.25) is 0 Å². The maximum absolute atomic E-state index is 11.4. The van der Waals surface area contributed by atoms with E-state index in [9.17, 15) is 15.0 Å². The number of nitrogens with zero attached hydrogens (tertiary/aromatic N) is 3. The normalized spacial score (nSPS) is 14.8. The molecule has 1 aromatic rings. The molecule has 8 nitrogen and oxygen atoms in total. The number of aliphatic hydroxyl groups excluding tert-OH is 2. The monoisotopic (exact) mass is 347 g/mol. The molecule has 8 heteroatoms. The van der Waals surface area contributed by atoms with Crippen molar-refractivity contribution in [2.24, 2.45) is 22.5 Å². The smallest absolute Gasteiger partial charge is 0.146 e. The lowest BCUT2D eigenvalue weighted by atomic mass is 9.89. The molecule has 0 spiro atoms. The molecule has 0 saturated carbocycles. The van der Waals surface area contributed by atoms with Crippen LogP contribution in [0.5, 0.6) is 0 Å². The lowest BCUT2D eigenvalue weighted by molar-refractivity contribution is -0.118. The van der Waals surface area contributed by atoms with Gasteiger partial charge in [0, 0.05) is 25.0 Å². The second-order valence-electron chi connectivity index (χ2n) is 5.69. The molecule has 0 bridgehead atoms. The molecule has 0 amide bonds. The number of hydrogen-bond acceptors (Lipinski definition) is 7. The van der Waals surface area contributed by atoms with Gasteiger partial charge in [-0.3, -0.25) is 4.79 Å². The molecule has 0 fully saturated rings. The average Bonchev–Trinajstić information content (AvgIpc) is 3.01. The Balaban J connectivity index is 3.06. The molecule has 0 aliphatic heterocycles. The molecule has 1 aromatic heterocycles. The third kappa shape index (κ3) is 5.26. The maximum atomic E-state index is 11.4. The van der Waals surface area contributed by atoms with Crippen molar-refractivity contribution in [3.63, 3.8) is 0 Å². The van der Waals surface area contributed by atoms with Crippen LogP contribution in [0.1, 0.15) is 43.7 Å². The third-order valence-corrected chi connectivity index (χ3v) is 3.93. The van der Waals surface area contributed by atoms with Gasteiger partial charge in [-0.25, -0.2) is 4.68 Å². The van der Waals surface area contributed by atoms with Gasteiger partial charge in [0.05, 0.1) is 35.8 Å². The SMILES string of the molecule is C=C(N)c1ccc([C@H](O)[C@H](O)C(CC#N)CCC(=O)CN)n1/N=C\C. The summed E-state index contributed by atoms with van der Waals surface area (Å²) < 4.78 is 1.39. The van der Waals surface area contributed by atoms with Gasteiger partial charge in [-0.2, -0.15) is 10.4 Å². The largest absolute Gasteiger partial charge is 0.397 e. The number of carbonyl (C=O) groups excluding carboxylic acids is 1. The van der Waals surface area contributed by atoms with Crippen LogP contribution in [0.4, 0.5) is 0 Å². The Kier molecular flexibility index (Phi) is 8.01. The van der Waals surface area contributed by atoms with Crippen LogP contribution in [-0.2, 0) is 4.79 Å². The zero-order chi connectivity index (χ0) is 19.0. The van der Waals surface area contributed by atoms with Crippen LogP contribution < -0.4 is 11.5 Å². The number of Topliss-reactive ketones (excluding diaryl/α,β-unsaturated/α-hetero) is 1. The van der Waals surface area contributed by atoms with E-state index >= 15 is 0 Å². The molecule has 0 saturated heterocycles. The van der Waals surface area contributed by atoms with E-state index in [0.717, 1.165) is 0 Å². The molecule has 6 N–H and O–H groups in total. The van der Waals surface area contributed by atoms with E-state index in [4.69, 9.17) is 16.7 Å². The molecular formula is C17H25N5O3. The number of rotatable bonds is 10. The van der Waals surface area contributed by atoms with E-state index in [1.165, 1.54) is 10.9 Å². The number of aliphatic hydroxyl groups is 2. The van der Waals surface area contributed by atoms with E-state index < -0.39 is 18.1 Å². The standard InChI is InChI=1S/C17H25N5O3/c1-3-21-22-14(11(2)20)6-7-15(22)17(25)16(24)12(8-9-18)4-5-13(23)10-19/h3,6-7,12,16-17,24-25H,2,4-5,8,10,19-20H2,1H3/b21-3-/t12?,16-,17+/m1/s1. The van der Waals surface area contributed by atoms with Gasteiger partial charge in [0.2, 0.25) is 0 Å². The number of carbonyl (C=O) groups is 1. The number of nitriles is 1. The van der Waals surface area contributed by atoms with Crippen molar-refractivity contribution in [1.29, 1.82) is 5.26 Å². The Hall–Kier alpha value is -2.47. The highest BCUT2D eigenvalue weighted by molar-refractivity contribution is 5.80. The van der Waals surface area contributed by atoms with Gasteiger partial charge in [0.1, 0.15) is 11.9 Å². The highest BCUT2D eigenvalue weighted by Gasteiger charge is 2.30. The Morgan fingerprint density at radius 1 is 1.52 bits per heavy atom. The van der Waals surface area contributed by atoms with Crippen molar-refractivity contribution in [2.75, 3.05) is 6.54 Å². The summed E-state index contributed by atoms with van der Waals surface area (Å²) >= 11 is 0. The molecular weight excluding hydrogens is 322 g/mol. The minimum atomic E-state index is -1.30. The van der Waals surface area contributed by atoms with Gasteiger partial charge in [0.15, 0.2) is 0 Å². The van der Waals surface area contributed by atoms with E-state index in [2.05, 4.69) is 11.7 Å². The molecule has 1 rings (SSSR count). The van der Waals surface area contributed by atoms with Crippen LogP contribution in [0.15, 0.2) is 23.8 Å². The zero-order valence-corrected chi connectivity index (χ0v) is 14.3. The third-order valence-electron chi connectivity index (χ3n) is 3.93. The summed E-state index contributed by atoms with van der Waals surface area (Å²) in [5.41, 5.74) is 12.1. The molecule has 3 atom stereocenters. The van der Waals surface area contributed by atoms with Gasteiger partial charge in [0.25, 0.3) is 0 Å². The van der Waals surface area contributed by atoms with Gasteiger partial charge < -0.3 is 21.7 Å². The second-order valence-corrected chi connectivity index (χ2v) is 5.69. The Morgan fingerprint density at radius 3 is 2.72 bits per heavy atom. The van der Waals surface area contributed by atoms with Crippen LogP contribution in [0.25, 0.3) is 5.70 Å². The van der Waals surface area contributed by atoms with Gasteiger partial charge >= 0.3 is 0 Å². The minimum Gasteiger partial charge on any atom is -0.397 e. The van der Waals surface area contributed by atoms with Crippen molar-refractivity contribution >= 4 is 17.7 Å².